The van der Waals surface area contributed by atoms with E-state index in [1.54, 1.807) is 0 Å². The van der Waals surface area contributed by atoms with Crippen molar-refractivity contribution < 1.29 is 0 Å². The van der Waals surface area contributed by atoms with Crippen LogP contribution in [0.15, 0.2) is 30.3 Å². The second-order valence-corrected chi connectivity index (χ2v) is 6.12. The highest BCUT2D eigenvalue weighted by molar-refractivity contribution is 5.42. The summed E-state index contributed by atoms with van der Waals surface area (Å²) >= 11 is 0. The maximum atomic E-state index is 6.34. The van der Waals surface area contributed by atoms with Gasteiger partial charge in [0.2, 0.25) is 0 Å². The van der Waals surface area contributed by atoms with Crippen molar-refractivity contribution >= 4 is 5.82 Å². The molecule has 0 aliphatic carbocycles. The van der Waals surface area contributed by atoms with Gasteiger partial charge in [0.05, 0.1) is 5.69 Å². The number of hydrogen-bond donors (Lipinski definition) is 1. The quantitative estimate of drug-likeness (QED) is 0.898. The van der Waals surface area contributed by atoms with Gasteiger partial charge in [0.15, 0.2) is 0 Å². The van der Waals surface area contributed by atoms with E-state index in [0.717, 1.165) is 30.3 Å². The van der Waals surface area contributed by atoms with E-state index in [0.29, 0.717) is 11.8 Å². The molecule has 3 heteroatoms. The highest BCUT2D eigenvalue weighted by Crippen LogP contribution is 2.24. The van der Waals surface area contributed by atoms with E-state index in [2.05, 4.69) is 56.5 Å². The molecule has 1 aromatic carbocycles. The lowest BCUT2D eigenvalue weighted by Gasteiger charge is -2.14. The van der Waals surface area contributed by atoms with Crippen LogP contribution in [0.2, 0.25) is 0 Å². The molecule has 0 spiro atoms. The molecule has 0 bridgehead atoms. The Bertz CT molecular complexity index is 553. The largest absolute Gasteiger partial charge is 0.384 e. The molecule has 3 nitrogen and oxygen atoms in total. The molecule has 1 aromatic heterocycles. The van der Waals surface area contributed by atoms with Crippen LogP contribution in [0.4, 0.5) is 5.82 Å². The first-order chi connectivity index (χ1) is 9.49. The van der Waals surface area contributed by atoms with E-state index < -0.39 is 0 Å². The summed E-state index contributed by atoms with van der Waals surface area (Å²) in [6.45, 7) is 9.69. The monoisotopic (exact) mass is 271 g/mol. The van der Waals surface area contributed by atoms with Crippen LogP contribution in [-0.4, -0.2) is 9.55 Å². The number of benzene rings is 1. The molecule has 0 aliphatic rings. The molecule has 2 rings (SSSR count). The number of imidazole rings is 1. The van der Waals surface area contributed by atoms with Gasteiger partial charge in [-0.05, 0) is 11.5 Å². The zero-order valence-electron chi connectivity index (χ0n) is 12.9. The van der Waals surface area contributed by atoms with Crippen LogP contribution in [0.25, 0.3) is 0 Å². The molecule has 0 amide bonds. The minimum absolute atomic E-state index is 0.389. The fourth-order valence-electron chi connectivity index (χ4n) is 2.45. The molecule has 1 heterocycles. The van der Waals surface area contributed by atoms with E-state index in [1.807, 2.05) is 6.07 Å². The van der Waals surface area contributed by atoms with Crippen molar-refractivity contribution in [3.63, 3.8) is 0 Å². The summed E-state index contributed by atoms with van der Waals surface area (Å²) in [6, 6.07) is 10.4. The Balaban J connectivity index is 2.34. The number of hydrogen-bond acceptors (Lipinski definition) is 2. The molecule has 0 radical (unpaired) electrons. The molecule has 0 unspecified atom stereocenters. The summed E-state index contributed by atoms with van der Waals surface area (Å²) in [6.07, 6.45) is 0.803. The van der Waals surface area contributed by atoms with Crippen molar-refractivity contribution in [2.45, 2.75) is 46.6 Å². The van der Waals surface area contributed by atoms with Gasteiger partial charge in [-0.3, -0.25) is 0 Å². The topological polar surface area (TPSA) is 43.8 Å². The Morgan fingerprint density at radius 1 is 1.10 bits per heavy atom. The minimum Gasteiger partial charge on any atom is -0.384 e. The summed E-state index contributed by atoms with van der Waals surface area (Å²) in [5.41, 5.74) is 8.59. The van der Waals surface area contributed by atoms with Gasteiger partial charge in [0.1, 0.15) is 11.6 Å². The highest BCUT2D eigenvalue weighted by Gasteiger charge is 2.17. The fourth-order valence-corrected chi connectivity index (χ4v) is 2.45. The van der Waals surface area contributed by atoms with Crippen molar-refractivity contribution in [1.29, 1.82) is 0 Å². The maximum Gasteiger partial charge on any atom is 0.127 e. The molecule has 0 saturated heterocycles. The molecular weight excluding hydrogens is 246 g/mol. The molecule has 2 aromatic rings. The third kappa shape index (κ3) is 3.21. The van der Waals surface area contributed by atoms with E-state index in [-0.39, 0.29) is 0 Å². The van der Waals surface area contributed by atoms with Crippen molar-refractivity contribution in [3.05, 3.63) is 47.4 Å². The lowest BCUT2D eigenvalue weighted by molar-refractivity contribution is 0.502. The van der Waals surface area contributed by atoms with Crippen LogP contribution in [0.5, 0.6) is 0 Å². The molecule has 0 fully saturated rings. The van der Waals surface area contributed by atoms with Gasteiger partial charge in [-0.1, -0.05) is 58.0 Å². The van der Waals surface area contributed by atoms with E-state index in [4.69, 9.17) is 10.7 Å². The Labute approximate surface area is 121 Å². The van der Waals surface area contributed by atoms with Gasteiger partial charge in [-0.2, -0.15) is 0 Å². The number of aromatic nitrogens is 2. The zero-order chi connectivity index (χ0) is 14.7. The second-order valence-electron chi connectivity index (χ2n) is 6.12. The molecule has 0 atom stereocenters. The first-order valence-electron chi connectivity index (χ1n) is 7.37. The lowest BCUT2D eigenvalue weighted by atomic mass is 10.1. The predicted octanol–water partition coefficient (Wildman–Crippen LogP) is 3.84. The van der Waals surface area contributed by atoms with Crippen molar-refractivity contribution in [1.82, 2.24) is 9.55 Å². The van der Waals surface area contributed by atoms with Crippen LogP contribution in [0, 0.1) is 5.92 Å². The first-order valence-corrected chi connectivity index (χ1v) is 7.37. The van der Waals surface area contributed by atoms with Crippen LogP contribution < -0.4 is 5.73 Å². The van der Waals surface area contributed by atoms with Crippen LogP contribution in [0.3, 0.4) is 0 Å². The number of anilines is 1. The maximum absolute atomic E-state index is 6.34. The van der Waals surface area contributed by atoms with Gasteiger partial charge in [-0.15, -0.1) is 0 Å². The highest BCUT2D eigenvalue weighted by atomic mass is 15.1. The van der Waals surface area contributed by atoms with E-state index in [9.17, 15) is 0 Å². The molecular formula is C17H25N3. The van der Waals surface area contributed by atoms with E-state index >= 15 is 0 Å². The van der Waals surface area contributed by atoms with Gasteiger partial charge in [-0.25, -0.2) is 4.98 Å². The number of rotatable bonds is 5. The average Bonchev–Trinajstić information content (AvgIpc) is 2.69. The summed E-state index contributed by atoms with van der Waals surface area (Å²) in [4.78, 5) is 4.80. The third-order valence-electron chi connectivity index (χ3n) is 3.39. The normalized spacial score (nSPS) is 11.5. The molecule has 108 valence electrons. The van der Waals surface area contributed by atoms with Crippen LogP contribution in [-0.2, 0) is 13.0 Å². The van der Waals surface area contributed by atoms with Gasteiger partial charge in [0.25, 0.3) is 0 Å². The van der Waals surface area contributed by atoms with Gasteiger partial charge in [0, 0.05) is 18.9 Å². The first kappa shape index (κ1) is 14.6. The summed E-state index contributed by atoms with van der Waals surface area (Å²) in [5.74, 6) is 2.88. The van der Waals surface area contributed by atoms with Crippen molar-refractivity contribution in [2.75, 3.05) is 5.73 Å². The summed E-state index contributed by atoms with van der Waals surface area (Å²) in [7, 11) is 0. The number of nitrogen functional groups attached to an aromatic ring is 1. The Hall–Kier alpha value is -1.77. The summed E-state index contributed by atoms with van der Waals surface area (Å²) < 4.78 is 2.19. The van der Waals surface area contributed by atoms with Crippen LogP contribution >= 0.6 is 0 Å². The van der Waals surface area contributed by atoms with Crippen molar-refractivity contribution in [2.24, 2.45) is 5.92 Å². The molecule has 0 saturated carbocycles. The third-order valence-corrected chi connectivity index (χ3v) is 3.39. The lowest BCUT2D eigenvalue weighted by Crippen LogP contribution is -2.12. The zero-order valence-corrected chi connectivity index (χ0v) is 12.9. The average molecular weight is 271 g/mol. The van der Waals surface area contributed by atoms with Gasteiger partial charge >= 0.3 is 0 Å². The van der Waals surface area contributed by atoms with Crippen LogP contribution in [0.1, 0.15) is 50.7 Å². The summed E-state index contributed by atoms with van der Waals surface area (Å²) in [5, 5.41) is 0. The predicted molar refractivity (Wildman–Crippen MR) is 84.8 cm³/mol. The molecule has 20 heavy (non-hydrogen) atoms. The standard InChI is InChI=1S/C17H25N3/c1-12(2)11-20-16(18)15(19-17(20)13(3)4)10-14-8-6-5-7-9-14/h5-9,12-13H,10-11,18H2,1-4H3. The SMILES string of the molecule is CC(C)Cn1c(C(C)C)nc(Cc2ccccc2)c1N. The fraction of sp³-hybridized carbons (Fsp3) is 0.471. The smallest absolute Gasteiger partial charge is 0.127 e. The Morgan fingerprint density at radius 2 is 1.75 bits per heavy atom. The second kappa shape index (κ2) is 6.12. The molecule has 0 aliphatic heterocycles. The van der Waals surface area contributed by atoms with Gasteiger partial charge < -0.3 is 10.3 Å². The Kier molecular flexibility index (Phi) is 4.48. The number of nitrogens with zero attached hydrogens (tertiary/aromatic N) is 2. The Morgan fingerprint density at radius 3 is 2.30 bits per heavy atom. The minimum atomic E-state index is 0.389. The van der Waals surface area contributed by atoms with E-state index in [1.165, 1.54) is 5.56 Å². The van der Waals surface area contributed by atoms with Crippen molar-refractivity contribution in [3.8, 4) is 0 Å². The number of nitrogens with two attached hydrogens (primary N) is 1. The molecule has 2 N–H and O–H groups in total.